The number of fused-ring (bicyclic) bond motifs is 4. The van der Waals surface area contributed by atoms with E-state index >= 15 is 0 Å². The van der Waals surface area contributed by atoms with E-state index in [9.17, 15) is 14.4 Å². The van der Waals surface area contributed by atoms with Crippen LogP contribution in [0.3, 0.4) is 0 Å². The second kappa shape index (κ2) is 7.51. The Morgan fingerprint density at radius 1 is 1.27 bits per heavy atom. The third kappa shape index (κ3) is 3.76. The first-order valence-electron chi connectivity index (χ1n) is 9.22. The number of rotatable bonds is 4. The van der Waals surface area contributed by atoms with Gasteiger partial charge < -0.3 is 19.5 Å². The van der Waals surface area contributed by atoms with Crippen LogP contribution in [0.2, 0.25) is 0 Å². The number of hydrogen-bond donors (Lipinski definition) is 1. The lowest BCUT2D eigenvalue weighted by atomic mass is 9.83. The normalized spacial score (nSPS) is 22.5. The Balaban J connectivity index is 1.72. The van der Waals surface area contributed by atoms with Crippen molar-refractivity contribution in [3.05, 3.63) is 34.2 Å². The first kappa shape index (κ1) is 18.5. The number of pyridine rings is 1. The standard InChI is InChI=1S/C19H27N3O4/c1-12(2)7-15(18(24)26-3)20-19(25)21-9-13-8-14(11-21)16-5-4-6-17(23)22(16)10-13/h4-6,12-15H,7-11H2,1-3H3,(H,20,25)/t13-,14+,15+/m1/s1. The Kier molecular flexibility index (Phi) is 5.34. The zero-order valence-corrected chi connectivity index (χ0v) is 15.6. The summed E-state index contributed by atoms with van der Waals surface area (Å²) in [5.41, 5.74) is 1.02. The Bertz CT molecular complexity index is 743. The highest BCUT2D eigenvalue weighted by atomic mass is 16.5. The molecule has 2 aliphatic rings. The van der Waals surface area contributed by atoms with E-state index in [2.05, 4.69) is 5.32 Å². The van der Waals surface area contributed by atoms with Crippen molar-refractivity contribution in [1.82, 2.24) is 14.8 Å². The fourth-order valence-corrected chi connectivity index (χ4v) is 4.13. The average molecular weight is 361 g/mol. The number of esters is 1. The molecule has 0 unspecified atom stereocenters. The summed E-state index contributed by atoms with van der Waals surface area (Å²) in [6.07, 6.45) is 1.52. The molecule has 26 heavy (non-hydrogen) atoms. The van der Waals surface area contributed by atoms with Crippen LogP contribution in [0, 0.1) is 11.8 Å². The molecule has 1 N–H and O–H groups in total. The molecule has 1 aromatic heterocycles. The molecule has 7 heteroatoms. The van der Waals surface area contributed by atoms with Gasteiger partial charge in [0.05, 0.1) is 7.11 Å². The Morgan fingerprint density at radius 2 is 2.04 bits per heavy atom. The molecule has 2 amide bonds. The van der Waals surface area contributed by atoms with Gasteiger partial charge in [0.25, 0.3) is 5.56 Å². The van der Waals surface area contributed by atoms with Crippen LogP contribution in [0.15, 0.2) is 23.0 Å². The number of methoxy groups -OCH3 is 1. The number of piperidine rings is 1. The number of hydrogen-bond acceptors (Lipinski definition) is 4. The number of carbonyl (C=O) groups is 2. The monoisotopic (exact) mass is 361 g/mol. The molecule has 1 fully saturated rings. The second-order valence-electron chi connectivity index (χ2n) is 7.76. The van der Waals surface area contributed by atoms with Crippen molar-refractivity contribution in [1.29, 1.82) is 0 Å². The number of likely N-dealkylation sites (tertiary alicyclic amines) is 1. The van der Waals surface area contributed by atoms with Gasteiger partial charge in [-0.3, -0.25) is 4.79 Å². The molecular weight excluding hydrogens is 334 g/mol. The van der Waals surface area contributed by atoms with Crippen molar-refractivity contribution in [2.75, 3.05) is 20.2 Å². The van der Waals surface area contributed by atoms with Crippen LogP contribution >= 0.6 is 0 Å². The molecule has 3 heterocycles. The minimum Gasteiger partial charge on any atom is -0.467 e. The van der Waals surface area contributed by atoms with Crippen molar-refractivity contribution in [3.63, 3.8) is 0 Å². The predicted octanol–water partition coefficient (Wildman–Crippen LogP) is 1.56. The molecular formula is C19H27N3O4. The summed E-state index contributed by atoms with van der Waals surface area (Å²) < 4.78 is 6.66. The number of ether oxygens (including phenoxy) is 1. The number of urea groups is 1. The Hall–Kier alpha value is -2.31. The van der Waals surface area contributed by atoms with E-state index in [1.54, 1.807) is 17.0 Å². The van der Waals surface area contributed by atoms with Gasteiger partial charge in [0.2, 0.25) is 0 Å². The van der Waals surface area contributed by atoms with Crippen molar-refractivity contribution < 1.29 is 14.3 Å². The Labute approximate surface area is 153 Å². The van der Waals surface area contributed by atoms with Crippen LogP contribution in [0.4, 0.5) is 4.79 Å². The van der Waals surface area contributed by atoms with E-state index < -0.39 is 12.0 Å². The smallest absolute Gasteiger partial charge is 0.328 e. The second-order valence-corrected chi connectivity index (χ2v) is 7.76. The van der Waals surface area contributed by atoms with Crippen molar-refractivity contribution in [2.45, 2.75) is 45.2 Å². The number of aromatic nitrogens is 1. The fourth-order valence-electron chi connectivity index (χ4n) is 4.13. The lowest BCUT2D eigenvalue weighted by Gasteiger charge is -2.42. The van der Waals surface area contributed by atoms with E-state index in [0.717, 1.165) is 12.1 Å². The van der Waals surface area contributed by atoms with E-state index in [1.807, 2.05) is 24.5 Å². The number of amides is 2. The first-order chi connectivity index (χ1) is 12.4. The highest BCUT2D eigenvalue weighted by Crippen LogP contribution is 2.34. The Morgan fingerprint density at radius 3 is 2.73 bits per heavy atom. The van der Waals surface area contributed by atoms with Crippen LogP contribution in [-0.2, 0) is 16.1 Å². The molecule has 0 radical (unpaired) electrons. The predicted molar refractivity (Wildman–Crippen MR) is 96.9 cm³/mol. The summed E-state index contributed by atoms with van der Waals surface area (Å²) in [5, 5.41) is 2.84. The molecule has 1 aromatic rings. The van der Waals surface area contributed by atoms with Crippen LogP contribution in [-0.4, -0.2) is 47.7 Å². The highest BCUT2D eigenvalue weighted by molar-refractivity contribution is 5.83. The van der Waals surface area contributed by atoms with E-state index in [0.29, 0.717) is 26.1 Å². The van der Waals surface area contributed by atoms with Gasteiger partial charge in [0, 0.05) is 37.3 Å². The largest absolute Gasteiger partial charge is 0.467 e. The first-order valence-corrected chi connectivity index (χ1v) is 9.22. The van der Waals surface area contributed by atoms with Gasteiger partial charge in [-0.25, -0.2) is 9.59 Å². The summed E-state index contributed by atoms with van der Waals surface area (Å²) in [6.45, 7) is 5.80. The number of carbonyl (C=O) groups excluding carboxylic acids is 2. The van der Waals surface area contributed by atoms with Crippen molar-refractivity contribution in [3.8, 4) is 0 Å². The molecule has 0 spiro atoms. The van der Waals surface area contributed by atoms with Crippen LogP contribution in [0.25, 0.3) is 0 Å². The zero-order chi connectivity index (χ0) is 18.8. The number of nitrogens with zero attached hydrogens (tertiary/aromatic N) is 2. The van der Waals surface area contributed by atoms with Crippen molar-refractivity contribution >= 4 is 12.0 Å². The quantitative estimate of drug-likeness (QED) is 0.826. The van der Waals surface area contributed by atoms with Crippen molar-refractivity contribution in [2.24, 2.45) is 11.8 Å². The molecule has 3 atom stereocenters. The van der Waals surface area contributed by atoms with E-state index in [1.165, 1.54) is 7.11 Å². The zero-order valence-electron chi connectivity index (χ0n) is 15.6. The van der Waals surface area contributed by atoms with E-state index in [4.69, 9.17) is 4.74 Å². The summed E-state index contributed by atoms with van der Waals surface area (Å²) >= 11 is 0. The van der Waals surface area contributed by atoms with Gasteiger partial charge >= 0.3 is 12.0 Å². The maximum atomic E-state index is 12.8. The molecule has 142 valence electrons. The molecule has 3 rings (SSSR count). The van der Waals surface area contributed by atoms with Gasteiger partial charge in [-0.1, -0.05) is 19.9 Å². The topological polar surface area (TPSA) is 80.6 Å². The van der Waals surface area contributed by atoms with Crippen LogP contribution in [0.5, 0.6) is 0 Å². The minimum atomic E-state index is -0.635. The third-order valence-corrected chi connectivity index (χ3v) is 5.26. The van der Waals surface area contributed by atoms with Gasteiger partial charge in [0.15, 0.2) is 0 Å². The molecule has 7 nitrogen and oxygen atoms in total. The third-order valence-electron chi connectivity index (χ3n) is 5.26. The summed E-state index contributed by atoms with van der Waals surface area (Å²) in [4.78, 5) is 38.6. The SMILES string of the molecule is COC(=O)[C@H](CC(C)C)NC(=O)N1C[C@H]2C[C@@H](C1)c1cccc(=O)n1C2. The average Bonchev–Trinajstić information content (AvgIpc) is 2.60. The van der Waals surface area contributed by atoms with Gasteiger partial charge in [-0.2, -0.15) is 0 Å². The summed E-state index contributed by atoms with van der Waals surface area (Å²) in [5.74, 6) is 0.262. The molecule has 0 aromatic carbocycles. The summed E-state index contributed by atoms with van der Waals surface area (Å²) in [6, 6.07) is 4.47. The van der Waals surface area contributed by atoms with Gasteiger partial charge in [-0.15, -0.1) is 0 Å². The van der Waals surface area contributed by atoms with Crippen LogP contribution < -0.4 is 10.9 Å². The fraction of sp³-hybridized carbons (Fsp3) is 0.632. The molecule has 0 aliphatic carbocycles. The summed E-state index contributed by atoms with van der Waals surface area (Å²) in [7, 11) is 1.34. The molecule has 1 saturated heterocycles. The maximum Gasteiger partial charge on any atom is 0.328 e. The molecule has 2 bridgehead atoms. The maximum absolute atomic E-state index is 12.8. The minimum absolute atomic E-state index is 0.0257. The van der Waals surface area contributed by atoms with Gasteiger partial charge in [-0.05, 0) is 30.7 Å². The number of nitrogens with one attached hydrogen (secondary N) is 1. The lowest BCUT2D eigenvalue weighted by molar-refractivity contribution is -0.143. The van der Waals surface area contributed by atoms with Crippen LogP contribution in [0.1, 0.15) is 38.3 Å². The highest BCUT2D eigenvalue weighted by Gasteiger charge is 2.37. The lowest BCUT2D eigenvalue weighted by Crippen LogP contribution is -2.54. The van der Waals surface area contributed by atoms with E-state index in [-0.39, 0.29) is 29.3 Å². The molecule has 2 aliphatic heterocycles. The van der Waals surface area contributed by atoms with Gasteiger partial charge in [0.1, 0.15) is 6.04 Å². The molecule has 0 saturated carbocycles.